The molecule has 5 rings (SSSR count). The molecular weight excluding hydrogens is 438 g/mol. The lowest BCUT2D eigenvalue weighted by Crippen LogP contribution is -2.12. The van der Waals surface area contributed by atoms with E-state index in [4.69, 9.17) is 0 Å². The van der Waals surface area contributed by atoms with Crippen LogP contribution in [0.5, 0.6) is 0 Å². The molecule has 3 heterocycles. The molecule has 1 amide bonds. The lowest BCUT2D eigenvalue weighted by Gasteiger charge is -2.11. The number of carbonyl (C=O) groups excluding carboxylic acids is 1. The second-order valence-electron chi connectivity index (χ2n) is 7.65. The summed E-state index contributed by atoms with van der Waals surface area (Å²) in [6, 6.07) is 23.8. The number of anilines is 5. The van der Waals surface area contributed by atoms with Crippen LogP contribution in [0.25, 0.3) is 10.9 Å². The summed E-state index contributed by atoms with van der Waals surface area (Å²) >= 11 is 0. The topological polar surface area (TPSA) is 116 Å². The van der Waals surface area contributed by atoms with E-state index in [9.17, 15) is 10.1 Å². The number of fused-ring (bicyclic) bond motifs is 1. The largest absolute Gasteiger partial charge is 0.355 e. The smallest absolute Gasteiger partial charge is 0.255 e. The molecule has 8 heteroatoms. The zero-order valence-corrected chi connectivity index (χ0v) is 18.4. The molecule has 0 radical (unpaired) electrons. The van der Waals surface area contributed by atoms with Gasteiger partial charge < -0.3 is 16.0 Å². The first-order valence-electron chi connectivity index (χ1n) is 10.8. The molecule has 3 N–H and O–H groups in total. The van der Waals surface area contributed by atoms with E-state index in [1.807, 2.05) is 36.4 Å². The van der Waals surface area contributed by atoms with Gasteiger partial charge in [0.1, 0.15) is 5.82 Å². The first-order chi connectivity index (χ1) is 17.2. The summed E-state index contributed by atoms with van der Waals surface area (Å²) in [5.41, 5.74) is 4.99. The molecule has 8 nitrogen and oxygen atoms in total. The van der Waals surface area contributed by atoms with E-state index >= 15 is 0 Å². The second-order valence-corrected chi connectivity index (χ2v) is 7.65. The summed E-state index contributed by atoms with van der Waals surface area (Å²) in [4.78, 5) is 25.5. The molecule has 0 spiro atoms. The second kappa shape index (κ2) is 9.68. The minimum absolute atomic E-state index is 0.253. The number of aromatic nitrogens is 3. The van der Waals surface area contributed by atoms with Crippen LogP contribution in [-0.2, 0) is 0 Å². The van der Waals surface area contributed by atoms with Crippen molar-refractivity contribution in [2.75, 3.05) is 16.0 Å². The summed E-state index contributed by atoms with van der Waals surface area (Å²) in [5, 5.41) is 19.4. The van der Waals surface area contributed by atoms with Gasteiger partial charge in [-0.15, -0.1) is 0 Å². The summed E-state index contributed by atoms with van der Waals surface area (Å²) in [6.45, 7) is 0. The summed E-state index contributed by atoms with van der Waals surface area (Å²) in [5.74, 6) is 0.251. The highest BCUT2D eigenvalue weighted by atomic mass is 16.1. The van der Waals surface area contributed by atoms with Crippen LogP contribution in [0.15, 0.2) is 97.6 Å². The molecule has 3 aromatic heterocycles. The van der Waals surface area contributed by atoms with Crippen molar-refractivity contribution in [2.24, 2.45) is 0 Å². The van der Waals surface area contributed by atoms with Crippen LogP contribution in [0, 0.1) is 11.3 Å². The van der Waals surface area contributed by atoms with Crippen molar-refractivity contribution in [3.63, 3.8) is 0 Å². The third-order valence-electron chi connectivity index (χ3n) is 5.27. The fraction of sp³-hybridized carbons (Fsp3) is 0. The number of benzene rings is 2. The Balaban J connectivity index is 1.30. The van der Waals surface area contributed by atoms with Crippen LogP contribution in [0.3, 0.4) is 0 Å². The minimum Gasteiger partial charge on any atom is -0.355 e. The Morgan fingerprint density at radius 2 is 1.49 bits per heavy atom. The molecule has 0 atom stereocenters. The van der Waals surface area contributed by atoms with Gasteiger partial charge in [0.25, 0.3) is 5.91 Å². The Labute approximate surface area is 201 Å². The molecule has 5 aromatic rings. The van der Waals surface area contributed by atoms with E-state index in [2.05, 4.69) is 37.0 Å². The molecule has 0 aliphatic carbocycles. The van der Waals surface area contributed by atoms with Gasteiger partial charge in [0.05, 0.1) is 22.8 Å². The zero-order chi connectivity index (χ0) is 24.0. The van der Waals surface area contributed by atoms with Gasteiger partial charge in [-0.1, -0.05) is 0 Å². The molecule has 0 saturated carbocycles. The van der Waals surface area contributed by atoms with Crippen LogP contribution in [0.2, 0.25) is 0 Å². The summed E-state index contributed by atoms with van der Waals surface area (Å²) < 4.78 is 0. The highest BCUT2D eigenvalue weighted by Crippen LogP contribution is 2.26. The molecule has 0 aliphatic heterocycles. The van der Waals surface area contributed by atoms with Gasteiger partial charge in [-0.25, -0.2) is 4.98 Å². The van der Waals surface area contributed by atoms with Gasteiger partial charge in [0.2, 0.25) is 0 Å². The zero-order valence-electron chi connectivity index (χ0n) is 18.4. The number of hydrogen-bond acceptors (Lipinski definition) is 7. The van der Waals surface area contributed by atoms with E-state index in [0.29, 0.717) is 22.6 Å². The fourth-order valence-corrected chi connectivity index (χ4v) is 3.54. The quantitative estimate of drug-likeness (QED) is 0.302. The van der Waals surface area contributed by atoms with Crippen LogP contribution in [-0.4, -0.2) is 20.9 Å². The van der Waals surface area contributed by atoms with Gasteiger partial charge in [0, 0.05) is 52.8 Å². The van der Waals surface area contributed by atoms with Gasteiger partial charge >= 0.3 is 0 Å². The van der Waals surface area contributed by atoms with Crippen molar-refractivity contribution in [3.8, 4) is 6.07 Å². The highest BCUT2D eigenvalue weighted by molar-refractivity contribution is 6.05. The number of amides is 1. The van der Waals surface area contributed by atoms with Crippen molar-refractivity contribution >= 4 is 45.4 Å². The van der Waals surface area contributed by atoms with E-state index in [1.54, 1.807) is 61.2 Å². The molecule has 35 heavy (non-hydrogen) atoms. The average Bonchev–Trinajstić information content (AvgIpc) is 2.90. The molecule has 0 aliphatic rings. The molecule has 168 valence electrons. The van der Waals surface area contributed by atoms with Crippen molar-refractivity contribution in [1.29, 1.82) is 5.26 Å². The van der Waals surface area contributed by atoms with Crippen molar-refractivity contribution in [1.82, 2.24) is 15.0 Å². The Morgan fingerprint density at radius 1 is 0.743 bits per heavy atom. The molecule has 0 bridgehead atoms. The maximum Gasteiger partial charge on any atom is 0.255 e. The first kappa shape index (κ1) is 21.6. The molecule has 0 fully saturated rings. The van der Waals surface area contributed by atoms with Crippen LogP contribution < -0.4 is 16.0 Å². The maximum absolute atomic E-state index is 12.9. The summed E-state index contributed by atoms with van der Waals surface area (Å²) in [6.07, 6.45) is 6.69. The van der Waals surface area contributed by atoms with Gasteiger partial charge in [-0.3, -0.25) is 14.8 Å². The van der Waals surface area contributed by atoms with Crippen LogP contribution in [0.4, 0.5) is 28.6 Å². The summed E-state index contributed by atoms with van der Waals surface area (Å²) in [7, 11) is 0. The third-order valence-corrected chi connectivity index (χ3v) is 5.27. The number of hydrogen-bond donors (Lipinski definition) is 3. The normalized spacial score (nSPS) is 10.4. The lowest BCUT2D eigenvalue weighted by atomic mass is 10.1. The fourth-order valence-electron chi connectivity index (χ4n) is 3.54. The van der Waals surface area contributed by atoms with Crippen molar-refractivity contribution in [2.45, 2.75) is 0 Å². The van der Waals surface area contributed by atoms with E-state index < -0.39 is 0 Å². The number of rotatable bonds is 6. The van der Waals surface area contributed by atoms with Crippen molar-refractivity contribution in [3.05, 3.63) is 109 Å². The monoisotopic (exact) mass is 457 g/mol. The van der Waals surface area contributed by atoms with E-state index in [1.165, 1.54) is 0 Å². The SMILES string of the molecule is N#Cc1ccc2nccc(Nc3cc(C(=O)Nc4ccc(Nc5ccncc5)cc4)ccn3)c2c1. The van der Waals surface area contributed by atoms with E-state index in [0.717, 1.165) is 28.0 Å². The molecule has 0 unspecified atom stereocenters. The first-order valence-corrected chi connectivity index (χ1v) is 10.8. The molecular formula is C27H19N7O. The molecule has 2 aromatic carbocycles. The molecule has 0 saturated heterocycles. The maximum atomic E-state index is 12.9. The Morgan fingerprint density at radius 3 is 2.29 bits per heavy atom. The van der Waals surface area contributed by atoms with Gasteiger partial charge in [0.15, 0.2) is 0 Å². The average molecular weight is 457 g/mol. The number of nitrogens with zero attached hydrogens (tertiary/aromatic N) is 4. The number of nitrogens with one attached hydrogen (secondary N) is 3. The Kier molecular flexibility index (Phi) is 5.96. The van der Waals surface area contributed by atoms with Crippen LogP contribution >= 0.6 is 0 Å². The van der Waals surface area contributed by atoms with E-state index in [-0.39, 0.29) is 5.91 Å². The minimum atomic E-state index is -0.253. The highest BCUT2D eigenvalue weighted by Gasteiger charge is 2.10. The van der Waals surface area contributed by atoms with Crippen LogP contribution in [0.1, 0.15) is 15.9 Å². The van der Waals surface area contributed by atoms with Gasteiger partial charge in [-0.05, 0) is 72.8 Å². The third kappa shape index (κ3) is 5.05. The standard InChI is InChI=1S/C27H19N7O/c28-17-18-1-6-24-23(15-18)25(10-14-30-24)34-26-16-19(7-13-31-26)27(35)33-21-4-2-20(3-5-21)32-22-8-11-29-12-9-22/h1-16H,(H,29,32)(H,33,35)(H,30,31,34). The number of nitriles is 1. The number of carbonyl (C=O) groups is 1. The lowest BCUT2D eigenvalue weighted by molar-refractivity contribution is 0.102. The predicted molar refractivity (Wildman–Crippen MR) is 136 cm³/mol. The number of pyridine rings is 3. The van der Waals surface area contributed by atoms with Gasteiger partial charge in [-0.2, -0.15) is 5.26 Å². The Hall–Kier alpha value is -5.29. The van der Waals surface area contributed by atoms with Crippen molar-refractivity contribution < 1.29 is 4.79 Å². The Bertz CT molecular complexity index is 1540. The predicted octanol–water partition coefficient (Wildman–Crippen LogP) is 5.64.